The van der Waals surface area contributed by atoms with Crippen molar-refractivity contribution >= 4 is 19.4 Å². The molecule has 1 N–H and O–H groups in total. The van der Waals surface area contributed by atoms with Crippen LogP contribution in [-0.2, 0) is 0 Å². The molecule has 0 aliphatic rings. The third kappa shape index (κ3) is 27.2. The minimum Gasteiger partial charge on any atom is -0.368 e. The van der Waals surface area contributed by atoms with Gasteiger partial charge in [-0.2, -0.15) is 0 Å². The van der Waals surface area contributed by atoms with Crippen molar-refractivity contribution < 1.29 is 0 Å². The Kier molecular flexibility index (Phi) is 31.3. The summed E-state index contributed by atoms with van der Waals surface area (Å²) in [6, 6.07) is 0. The summed E-state index contributed by atoms with van der Waals surface area (Å²) < 4.78 is 4.06. The summed E-state index contributed by atoms with van der Waals surface area (Å²) in [7, 11) is 0.163. The van der Waals surface area contributed by atoms with Crippen LogP contribution in [0.15, 0.2) is 0 Å². The SMILES string of the molecule is CCCCCCCCCCCCCCCCCC(C)(C)[SiH](N[SiH3])C(C)(C)CCCCCCCCCCCCCCCCC. The largest absolute Gasteiger partial charge is 0.368 e. The molecule has 0 heterocycles. The van der Waals surface area contributed by atoms with Crippen LogP contribution in [0.2, 0.25) is 10.1 Å². The van der Waals surface area contributed by atoms with Crippen LogP contribution in [0.4, 0.5) is 0 Å². The minimum absolute atomic E-state index is 0.539. The summed E-state index contributed by atoms with van der Waals surface area (Å²) in [6.45, 7) is 15.1. The van der Waals surface area contributed by atoms with Crippen LogP contribution in [0.5, 0.6) is 0 Å². The van der Waals surface area contributed by atoms with E-state index in [0.29, 0.717) is 10.1 Å². The van der Waals surface area contributed by atoms with Gasteiger partial charge in [-0.3, -0.25) is 0 Å². The van der Waals surface area contributed by atoms with Crippen LogP contribution < -0.4 is 4.65 Å². The Morgan fingerprint density at radius 1 is 0.349 bits per heavy atom. The molecule has 3 heteroatoms. The normalized spacial score (nSPS) is 12.6. The van der Waals surface area contributed by atoms with E-state index in [0.717, 1.165) is 0 Å². The van der Waals surface area contributed by atoms with E-state index in [4.69, 9.17) is 0 Å². The molecule has 0 aliphatic heterocycles. The van der Waals surface area contributed by atoms with Crippen LogP contribution in [-0.4, -0.2) is 19.4 Å². The fourth-order valence-electron chi connectivity index (χ4n) is 8.03. The van der Waals surface area contributed by atoms with E-state index in [2.05, 4.69) is 46.2 Å². The molecule has 0 fully saturated rings. The summed E-state index contributed by atoms with van der Waals surface area (Å²) in [5.74, 6) is 0. The molecule has 0 atom stereocenters. The molecular weight excluding hydrogens is 551 g/mol. The molecule has 0 unspecified atom stereocenters. The van der Waals surface area contributed by atoms with E-state index in [-0.39, 0.29) is 0 Å². The maximum Gasteiger partial charge on any atom is 0.113 e. The first kappa shape index (κ1) is 43.4. The molecule has 0 aromatic rings. The van der Waals surface area contributed by atoms with Gasteiger partial charge in [0.1, 0.15) is 8.96 Å². The number of unbranched alkanes of at least 4 members (excludes halogenated alkanes) is 28. The van der Waals surface area contributed by atoms with Crippen LogP contribution >= 0.6 is 0 Å². The van der Waals surface area contributed by atoms with Crippen LogP contribution in [0.3, 0.4) is 0 Å². The van der Waals surface area contributed by atoms with Crippen molar-refractivity contribution in [3.8, 4) is 0 Å². The van der Waals surface area contributed by atoms with Gasteiger partial charge in [0.05, 0.1) is 10.4 Å². The quantitative estimate of drug-likeness (QED) is 0.0538. The fraction of sp³-hybridized carbons (Fsp3) is 1.00. The van der Waals surface area contributed by atoms with Gasteiger partial charge >= 0.3 is 0 Å². The fourth-order valence-corrected chi connectivity index (χ4v) is 17.4. The molecule has 0 saturated carbocycles. The van der Waals surface area contributed by atoms with Gasteiger partial charge in [-0.25, -0.2) is 0 Å². The molecule has 0 saturated heterocycles. The monoisotopic (exact) mass is 638 g/mol. The van der Waals surface area contributed by atoms with Crippen molar-refractivity contribution in [2.75, 3.05) is 0 Å². The van der Waals surface area contributed by atoms with Gasteiger partial charge < -0.3 is 4.65 Å². The minimum atomic E-state index is -1.01. The third-order valence-corrected chi connectivity index (χ3v) is 16.7. The first-order chi connectivity index (χ1) is 20.8. The summed E-state index contributed by atoms with van der Waals surface area (Å²) in [4.78, 5) is 0. The highest BCUT2D eigenvalue weighted by Gasteiger charge is 2.40. The molecule has 0 radical (unpaired) electrons. The highest BCUT2D eigenvalue weighted by molar-refractivity contribution is 6.67. The van der Waals surface area contributed by atoms with E-state index in [1.807, 2.05) is 0 Å². The van der Waals surface area contributed by atoms with E-state index < -0.39 is 8.96 Å². The van der Waals surface area contributed by atoms with Gasteiger partial charge in [-0.05, 0) is 22.9 Å². The van der Waals surface area contributed by atoms with Crippen molar-refractivity contribution in [3.63, 3.8) is 0 Å². The van der Waals surface area contributed by atoms with Gasteiger partial charge in [0.25, 0.3) is 0 Å². The van der Waals surface area contributed by atoms with Crippen molar-refractivity contribution in [1.29, 1.82) is 0 Å². The predicted octanol–water partition coefficient (Wildman–Crippen LogP) is 13.7. The average molecular weight is 638 g/mol. The zero-order valence-electron chi connectivity index (χ0n) is 31.7. The Balaban J connectivity index is 3.80. The third-order valence-electron chi connectivity index (χ3n) is 10.7. The molecule has 1 nitrogen and oxygen atoms in total. The van der Waals surface area contributed by atoms with E-state index in [1.165, 1.54) is 216 Å². The van der Waals surface area contributed by atoms with E-state index in [1.54, 1.807) is 0 Å². The van der Waals surface area contributed by atoms with Crippen molar-refractivity contribution in [2.24, 2.45) is 0 Å². The zero-order valence-corrected chi connectivity index (χ0v) is 34.9. The van der Waals surface area contributed by atoms with Crippen LogP contribution in [0, 0.1) is 0 Å². The molecule has 0 rings (SSSR count). The summed E-state index contributed by atoms with van der Waals surface area (Å²) in [5.41, 5.74) is 0. The Hall–Kier alpha value is 0.394. The lowest BCUT2D eigenvalue weighted by Crippen LogP contribution is -2.49. The lowest BCUT2D eigenvalue weighted by molar-refractivity contribution is 0.464. The second-order valence-corrected chi connectivity index (χ2v) is 22.4. The molecule has 0 amide bonds. The van der Waals surface area contributed by atoms with Gasteiger partial charge in [0, 0.05) is 0 Å². The first-order valence-electron chi connectivity index (χ1n) is 20.5. The summed E-state index contributed by atoms with van der Waals surface area (Å²) in [5, 5.41) is 1.08. The first-order valence-corrected chi connectivity index (χ1v) is 23.2. The average Bonchev–Trinajstić information content (AvgIpc) is 2.97. The standard InChI is InChI=1S/C40H87NSi2/c1-7-9-11-13-15-17-19-21-23-25-27-29-31-33-35-37-39(3,4)43(41-42)40(5,6)38-36-34-32-30-28-26-24-22-20-18-16-14-12-10-8-2/h41,43H,7-38H2,1-6,42H3. The highest BCUT2D eigenvalue weighted by Crippen LogP contribution is 2.47. The Bertz CT molecular complexity index is 501. The molecule has 0 aromatic heterocycles. The zero-order chi connectivity index (χ0) is 31.9. The maximum atomic E-state index is 4.06. The molecular formula is C40H87NSi2. The van der Waals surface area contributed by atoms with Crippen LogP contribution in [0.1, 0.15) is 247 Å². The van der Waals surface area contributed by atoms with Gasteiger partial charge in [-0.1, -0.05) is 234 Å². The van der Waals surface area contributed by atoms with Gasteiger partial charge in [-0.15, -0.1) is 0 Å². The van der Waals surface area contributed by atoms with Crippen molar-refractivity contribution in [3.05, 3.63) is 0 Å². The van der Waals surface area contributed by atoms with Gasteiger partial charge in [0.15, 0.2) is 0 Å². The summed E-state index contributed by atoms with van der Waals surface area (Å²) in [6.07, 6.45) is 46.8. The lowest BCUT2D eigenvalue weighted by atomic mass is 10.0. The topological polar surface area (TPSA) is 12.0 Å². The number of hydrogen-bond acceptors (Lipinski definition) is 1. The van der Waals surface area contributed by atoms with E-state index >= 15 is 0 Å². The van der Waals surface area contributed by atoms with Crippen molar-refractivity contribution in [1.82, 2.24) is 4.65 Å². The molecule has 260 valence electrons. The maximum absolute atomic E-state index is 4.06. The molecule has 0 bridgehead atoms. The number of nitrogens with one attached hydrogen (secondary N) is 1. The molecule has 43 heavy (non-hydrogen) atoms. The smallest absolute Gasteiger partial charge is 0.113 e. The van der Waals surface area contributed by atoms with E-state index in [9.17, 15) is 0 Å². The number of rotatable bonds is 35. The summed E-state index contributed by atoms with van der Waals surface area (Å²) >= 11 is 0. The Morgan fingerprint density at radius 2 is 0.535 bits per heavy atom. The second-order valence-electron chi connectivity index (χ2n) is 16.1. The van der Waals surface area contributed by atoms with Gasteiger partial charge in [0.2, 0.25) is 0 Å². The molecule has 0 aromatic carbocycles. The predicted molar refractivity (Wildman–Crippen MR) is 207 cm³/mol. The highest BCUT2D eigenvalue weighted by atomic mass is 28.3. The second kappa shape index (κ2) is 31.0. The Morgan fingerprint density at radius 3 is 0.721 bits per heavy atom. The van der Waals surface area contributed by atoms with Crippen molar-refractivity contribution in [2.45, 2.75) is 257 Å². The molecule has 0 aliphatic carbocycles. The number of hydrogen-bond donors (Lipinski definition) is 1. The molecule has 0 spiro atoms. The lowest BCUT2D eigenvalue weighted by Gasteiger charge is -2.44. The van der Waals surface area contributed by atoms with Crippen LogP contribution in [0.25, 0.3) is 0 Å². The Labute approximate surface area is 280 Å².